The van der Waals surface area contributed by atoms with Crippen LogP contribution < -0.4 is 4.74 Å². The van der Waals surface area contributed by atoms with Gasteiger partial charge in [-0.2, -0.15) is 0 Å². The Morgan fingerprint density at radius 1 is 1.38 bits per heavy atom. The van der Waals surface area contributed by atoms with E-state index in [0.717, 1.165) is 11.4 Å². The summed E-state index contributed by atoms with van der Waals surface area (Å²) in [7, 11) is 1.62. The molecule has 0 N–H and O–H groups in total. The molecular formula is C9H9N3O. The number of nitrogens with zero attached hydrogens (tertiary/aromatic N) is 3. The van der Waals surface area contributed by atoms with E-state index < -0.39 is 0 Å². The zero-order chi connectivity index (χ0) is 9.97. The molecule has 2 rings (SSSR count). The number of aromatic nitrogens is 3. The van der Waals surface area contributed by atoms with Gasteiger partial charge in [-0.15, -0.1) is 5.10 Å². The van der Waals surface area contributed by atoms with Gasteiger partial charge in [0.25, 0.3) is 0 Å². The van der Waals surface area contributed by atoms with Crippen molar-refractivity contribution in [3.63, 3.8) is 0 Å². The second kappa shape index (κ2) is 3.26. The van der Waals surface area contributed by atoms with E-state index in [0.29, 0.717) is 0 Å². The van der Waals surface area contributed by atoms with Crippen LogP contribution in [0.1, 0.15) is 1.37 Å². The molecular weight excluding hydrogens is 166 g/mol. The predicted molar refractivity (Wildman–Crippen MR) is 47.9 cm³/mol. The van der Waals surface area contributed by atoms with Crippen molar-refractivity contribution in [3.05, 3.63) is 36.6 Å². The lowest BCUT2D eigenvalue weighted by molar-refractivity contribution is 0.414. The van der Waals surface area contributed by atoms with Crippen LogP contribution in [-0.2, 0) is 0 Å². The van der Waals surface area contributed by atoms with Gasteiger partial charge >= 0.3 is 0 Å². The molecule has 2 aromatic rings. The van der Waals surface area contributed by atoms with Crippen molar-refractivity contribution in [2.75, 3.05) is 7.11 Å². The van der Waals surface area contributed by atoms with Gasteiger partial charge in [0, 0.05) is 0 Å². The van der Waals surface area contributed by atoms with E-state index in [4.69, 9.17) is 6.11 Å². The lowest BCUT2D eigenvalue weighted by Crippen LogP contribution is -1.94. The van der Waals surface area contributed by atoms with E-state index in [-0.39, 0.29) is 6.17 Å². The summed E-state index contributed by atoms with van der Waals surface area (Å²) in [5.41, 5.74) is 0.858. The van der Waals surface area contributed by atoms with Crippen LogP contribution in [0.5, 0.6) is 5.75 Å². The Morgan fingerprint density at radius 2 is 2.15 bits per heavy atom. The minimum atomic E-state index is 0.154. The Hall–Kier alpha value is -1.84. The maximum Gasteiger partial charge on any atom is 0.119 e. The van der Waals surface area contributed by atoms with Crippen LogP contribution >= 0.6 is 0 Å². The molecule has 0 unspecified atom stereocenters. The van der Waals surface area contributed by atoms with Gasteiger partial charge in [-0.1, -0.05) is 5.21 Å². The summed E-state index contributed by atoms with van der Waals surface area (Å²) in [4.78, 5) is 0. The Labute approximate surface area is 77.2 Å². The number of hydrogen-bond acceptors (Lipinski definition) is 3. The third-order valence-corrected chi connectivity index (χ3v) is 1.72. The van der Waals surface area contributed by atoms with Crippen LogP contribution in [-0.4, -0.2) is 22.1 Å². The minimum Gasteiger partial charge on any atom is -0.497 e. The molecule has 0 saturated carbocycles. The molecule has 4 nitrogen and oxygen atoms in total. The first-order chi connectivity index (χ1) is 6.79. The Kier molecular flexibility index (Phi) is 1.67. The Morgan fingerprint density at radius 3 is 2.69 bits per heavy atom. The van der Waals surface area contributed by atoms with E-state index in [1.165, 1.54) is 0 Å². The van der Waals surface area contributed by atoms with Crippen LogP contribution in [0.2, 0.25) is 0 Å². The maximum atomic E-state index is 7.22. The van der Waals surface area contributed by atoms with E-state index in [1.54, 1.807) is 18.0 Å². The second-order valence-electron chi connectivity index (χ2n) is 2.49. The normalized spacial score (nSPS) is 11.0. The first-order valence-corrected chi connectivity index (χ1v) is 3.83. The first kappa shape index (κ1) is 6.65. The molecule has 0 amide bonds. The number of benzene rings is 1. The lowest BCUT2D eigenvalue weighted by atomic mass is 10.3. The molecule has 1 aromatic carbocycles. The molecule has 4 heteroatoms. The van der Waals surface area contributed by atoms with Gasteiger partial charge < -0.3 is 4.74 Å². The van der Waals surface area contributed by atoms with Crippen molar-refractivity contribution in [3.8, 4) is 11.4 Å². The second-order valence-corrected chi connectivity index (χ2v) is 2.49. The van der Waals surface area contributed by atoms with Crippen LogP contribution in [0, 0.1) is 0 Å². The summed E-state index contributed by atoms with van der Waals surface area (Å²) in [5, 5.41) is 7.36. The first-order valence-electron chi connectivity index (χ1n) is 4.33. The summed E-state index contributed by atoms with van der Waals surface area (Å²) in [6.45, 7) is 0. The minimum absolute atomic E-state index is 0.154. The molecule has 0 radical (unpaired) electrons. The van der Waals surface area contributed by atoms with Crippen molar-refractivity contribution in [1.82, 2.24) is 15.0 Å². The van der Waals surface area contributed by atoms with Crippen molar-refractivity contribution in [1.29, 1.82) is 0 Å². The van der Waals surface area contributed by atoms with E-state index in [2.05, 4.69) is 10.3 Å². The molecule has 1 aromatic heterocycles. The highest BCUT2D eigenvalue weighted by Gasteiger charge is 1.96. The van der Waals surface area contributed by atoms with Crippen LogP contribution in [0.4, 0.5) is 0 Å². The van der Waals surface area contributed by atoms with Crippen molar-refractivity contribution >= 4 is 0 Å². The summed E-state index contributed by atoms with van der Waals surface area (Å²) in [6, 6.07) is 7.38. The Bertz CT molecular complexity index is 424. The number of ether oxygens (including phenoxy) is 1. The van der Waals surface area contributed by atoms with Gasteiger partial charge in [-0.05, 0) is 24.3 Å². The average molecular weight is 176 g/mol. The summed E-state index contributed by atoms with van der Waals surface area (Å²) in [6.07, 6.45) is 1.70. The van der Waals surface area contributed by atoms with E-state index in [1.807, 2.05) is 24.3 Å². The number of hydrogen-bond donors (Lipinski definition) is 0. The lowest BCUT2D eigenvalue weighted by Gasteiger charge is -2.01. The van der Waals surface area contributed by atoms with Crippen molar-refractivity contribution < 1.29 is 6.11 Å². The van der Waals surface area contributed by atoms with Gasteiger partial charge in [0.2, 0.25) is 0 Å². The molecule has 0 atom stereocenters. The molecule has 0 bridgehead atoms. The third kappa shape index (κ3) is 1.51. The monoisotopic (exact) mass is 176 g/mol. The highest BCUT2D eigenvalue weighted by atomic mass is 16.5. The van der Waals surface area contributed by atoms with Crippen LogP contribution in [0.15, 0.2) is 36.6 Å². The maximum absolute atomic E-state index is 7.22. The highest BCUT2D eigenvalue weighted by Crippen LogP contribution is 2.13. The smallest absolute Gasteiger partial charge is 0.119 e. The zero-order valence-electron chi connectivity index (χ0n) is 8.14. The fourth-order valence-electron chi connectivity index (χ4n) is 1.04. The molecule has 13 heavy (non-hydrogen) atoms. The van der Waals surface area contributed by atoms with Crippen molar-refractivity contribution in [2.24, 2.45) is 0 Å². The summed E-state index contributed by atoms with van der Waals surface area (Å²) >= 11 is 0. The quantitative estimate of drug-likeness (QED) is 0.691. The fraction of sp³-hybridized carbons (Fsp3) is 0.111. The predicted octanol–water partition coefficient (Wildman–Crippen LogP) is 1.28. The number of methoxy groups -OCH3 is 1. The molecule has 0 aliphatic heterocycles. The standard InChI is InChI=1S/C9H9N3O/c1-13-9-4-2-8(3-5-9)12-7-6-10-11-12/h2-7H,1H3/i6D. The van der Waals surface area contributed by atoms with Crippen LogP contribution in [0.3, 0.4) is 0 Å². The van der Waals surface area contributed by atoms with Gasteiger partial charge in [-0.25, -0.2) is 4.68 Å². The molecule has 0 fully saturated rings. The third-order valence-electron chi connectivity index (χ3n) is 1.72. The van der Waals surface area contributed by atoms with Gasteiger partial charge in [0.15, 0.2) is 0 Å². The highest BCUT2D eigenvalue weighted by molar-refractivity contribution is 5.36. The molecule has 66 valence electrons. The van der Waals surface area contributed by atoms with Gasteiger partial charge in [0.05, 0.1) is 26.5 Å². The van der Waals surface area contributed by atoms with E-state index >= 15 is 0 Å². The molecule has 0 aliphatic carbocycles. The Balaban J connectivity index is 2.33. The number of rotatable bonds is 2. The molecule has 0 saturated heterocycles. The van der Waals surface area contributed by atoms with Crippen LogP contribution in [0.25, 0.3) is 5.69 Å². The zero-order valence-corrected chi connectivity index (χ0v) is 7.14. The average Bonchev–Trinajstić information content (AvgIpc) is 2.65. The van der Waals surface area contributed by atoms with Crippen molar-refractivity contribution in [2.45, 2.75) is 0 Å². The molecule has 1 heterocycles. The van der Waals surface area contributed by atoms with Gasteiger partial charge in [0.1, 0.15) is 5.75 Å². The summed E-state index contributed by atoms with van der Waals surface area (Å²) < 4.78 is 13.8. The molecule has 0 spiro atoms. The molecule has 0 aliphatic rings. The van der Waals surface area contributed by atoms with E-state index in [9.17, 15) is 0 Å². The van der Waals surface area contributed by atoms with Gasteiger partial charge in [-0.3, -0.25) is 0 Å². The SMILES string of the molecule is [2H]c1cn(-c2ccc(OC)cc2)nn1. The fourth-order valence-corrected chi connectivity index (χ4v) is 1.04. The topological polar surface area (TPSA) is 39.9 Å². The summed E-state index contributed by atoms with van der Waals surface area (Å²) in [5.74, 6) is 0.792. The largest absolute Gasteiger partial charge is 0.497 e.